The van der Waals surface area contributed by atoms with Gasteiger partial charge in [-0.05, 0) is 50.1 Å². The Kier molecular flexibility index (Phi) is 10.0. The van der Waals surface area contributed by atoms with Gasteiger partial charge in [0, 0.05) is 43.5 Å². The molecule has 15 heteroatoms. The second-order valence-electron chi connectivity index (χ2n) is 9.99. The van der Waals surface area contributed by atoms with Crippen LogP contribution in [0.15, 0.2) is 42.5 Å². The average molecular weight is 613 g/mol. The molecule has 44 heavy (non-hydrogen) atoms. The molecule has 1 saturated heterocycles. The molecule has 3 aromatic rings. The number of nitrogen functional groups attached to an aromatic ring is 1. The number of ether oxygens (including phenoxy) is 3. The number of carbonyl (C=O) groups is 1. The molecule has 8 N–H and O–H groups in total. The van der Waals surface area contributed by atoms with Gasteiger partial charge >= 0.3 is 5.97 Å². The Labute approximate surface area is 252 Å². The van der Waals surface area contributed by atoms with Crippen LogP contribution >= 0.6 is 0 Å². The second kappa shape index (κ2) is 13.9. The molecule has 1 fully saturated rings. The van der Waals surface area contributed by atoms with Crippen molar-refractivity contribution >= 4 is 29.1 Å². The number of piperidine rings is 1. The van der Waals surface area contributed by atoms with Crippen LogP contribution < -0.4 is 31.2 Å². The molecular formula is C29H34F2N8O5. The van der Waals surface area contributed by atoms with Gasteiger partial charge in [-0.1, -0.05) is 6.07 Å². The number of aromatic nitrogens is 1. The second-order valence-corrected chi connectivity index (χ2v) is 9.99. The lowest BCUT2D eigenvalue weighted by atomic mass is 10.0. The summed E-state index contributed by atoms with van der Waals surface area (Å²) in [6.07, 6.45) is 0.980. The zero-order chi connectivity index (χ0) is 32.0. The smallest absolute Gasteiger partial charge is 0.320 e. The molecule has 13 nitrogen and oxygen atoms in total. The fourth-order valence-corrected chi connectivity index (χ4v) is 4.74. The normalized spacial score (nSPS) is 13.6. The van der Waals surface area contributed by atoms with Gasteiger partial charge in [0.05, 0.1) is 13.2 Å². The molecule has 1 aliphatic rings. The molecule has 0 spiro atoms. The molecule has 0 saturated carbocycles. The summed E-state index contributed by atoms with van der Waals surface area (Å²) in [5, 5.41) is 28.1. The van der Waals surface area contributed by atoms with Crippen molar-refractivity contribution in [2.75, 3.05) is 43.5 Å². The number of likely N-dealkylation sites (tertiary alicyclic amines) is 1. The molecule has 0 unspecified atom stereocenters. The minimum absolute atomic E-state index is 0.0995. The third-order valence-electron chi connectivity index (χ3n) is 6.92. The molecule has 2 heterocycles. The van der Waals surface area contributed by atoms with Gasteiger partial charge in [0.1, 0.15) is 17.3 Å². The third kappa shape index (κ3) is 7.60. The zero-order valence-electron chi connectivity index (χ0n) is 24.2. The molecule has 0 amide bonds. The van der Waals surface area contributed by atoms with E-state index in [1.54, 1.807) is 19.1 Å². The number of pyridine rings is 1. The Morgan fingerprint density at radius 1 is 1.11 bits per heavy atom. The van der Waals surface area contributed by atoms with E-state index in [9.17, 15) is 9.90 Å². The number of esters is 1. The number of carbonyl (C=O) groups excluding carboxylic acids is 1. The molecule has 2 aromatic carbocycles. The van der Waals surface area contributed by atoms with Gasteiger partial charge in [0.15, 0.2) is 17.5 Å². The number of aromatic hydroxyl groups is 1. The van der Waals surface area contributed by atoms with Gasteiger partial charge < -0.3 is 41.0 Å². The van der Waals surface area contributed by atoms with E-state index in [-0.39, 0.29) is 54.0 Å². The number of anilines is 2. The number of hydrogen-bond donors (Lipinski definition) is 6. The van der Waals surface area contributed by atoms with Crippen LogP contribution in [0.3, 0.4) is 0 Å². The number of benzene rings is 2. The Hall–Kier alpha value is -5.18. The van der Waals surface area contributed by atoms with Crippen LogP contribution in [-0.4, -0.2) is 72.1 Å². The SMILES string of the molecule is CCOC(=O)CN1CCC(N(C)c2c(F)c(Oc3cccc(NC(=N)N)c3)nc(Oc3cc(C(=N)N)ccc3O)c2F)CC1. The number of halogens is 2. The number of hydrogen-bond acceptors (Lipinski definition) is 10. The van der Waals surface area contributed by atoms with Crippen LogP contribution in [0, 0.1) is 22.5 Å². The number of phenols is 1. The van der Waals surface area contributed by atoms with Gasteiger partial charge in [-0.2, -0.15) is 13.8 Å². The van der Waals surface area contributed by atoms with E-state index < -0.39 is 34.8 Å². The first kappa shape index (κ1) is 31.7. The van der Waals surface area contributed by atoms with E-state index >= 15 is 8.78 Å². The number of nitrogens with zero attached hydrogens (tertiary/aromatic N) is 3. The predicted octanol–water partition coefficient (Wildman–Crippen LogP) is 3.70. The van der Waals surface area contributed by atoms with E-state index in [2.05, 4.69) is 10.3 Å². The molecule has 1 aromatic heterocycles. The Bertz CT molecular complexity index is 1550. The summed E-state index contributed by atoms with van der Waals surface area (Å²) in [5.41, 5.74) is 11.0. The Balaban J connectivity index is 1.69. The average Bonchev–Trinajstić information content (AvgIpc) is 2.97. The lowest BCUT2D eigenvalue weighted by molar-refractivity contribution is -0.144. The van der Waals surface area contributed by atoms with Crippen molar-refractivity contribution in [1.82, 2.24) is 9.88 Å². The number of guanidine groups is 1. The van der Waals surface area contributed by atoms with Crippen molar-refractivity contribution in [1.29, 1.82) is 10.8 Å². The Morgan fingerprint density at radius 3 is 2.43 bits per heavy atom. The minimum atomic E-state index is -1.15. The summed E-state index contributed by atoms with van der Waals surface area (Å²) in [5.74, 6) is -5.11. The quantitative estimate of drug-likeness (QED) is 0.105. The maximum absolute atomic E-state index is 16.1. The largest absolute Gasteiger partial charge is 0.504 e. The van der Waals surface area contributed by atoms with Gasteiger partial charge in [0.25, 0.3) is 11.8 Å². The highest BCUT2D eigenvalue weighted by Crippen LogP contribution is 2.41. The fourth-order valence-electron chi connectivity index (χ4n) is 4.74. The number of phenolic OH excluding ortho intramolecular Hbond substituents is 1. The maximum atomic E-state index is 16.1. The number of amidine groups is 1. The van der Waals surface area contributed by atoms with Crippen molar-refractivity contribution in [3.05, 3.63) is 59.7 Å². The first-order valence-corrected chi connectivity index (χ1v) is 13.7. The summed E-state index contributed by atoms with van der Waals surface area (Å²) in [4.78, 5) is 19.2. The van der Waals surface area contributed by atoms with Gasteiger partial charge in [-0.3, -0.25) is 20.5 Å². The van der Waals surface area contributed by atoms with E-state index in [1.165, 1.54) is 42.3 Å². The number of nitrogens with one attached hydrogen (secondary N) is 3. The van der Waals surface area contributed by atoms with Crippen LogP contribution in [-0.2, 0) is 9.53 Å². The van der Waals surface area contributed by atoms with Crippen molar-refractivity contribution in [2.24, 2.45) is 11.5 Å². The van der Waals surface area contributed by atoms with Crippen LogP contribution in [0.5, 0.6) is 29.0 Å². The van der Waals surface area contributed by atoms with E-state index in [1.807, 2.05) is 4.90 Å². The summed E-state index contributed by atoms with van der Waals surface area (Å²) in [7, 11) is 1.53. The highest BCUT2D eigenvalue weighted by molar-refractivity contribution is 5.95. The maximum Gasteiger partial charge on any atom is 0.320 e. The standard InChI is InChI=1S/C29H34F2N8O5/c1-3-42-22(41)15-39-11-9-18(10-12-39)38(2)25-23(30)27(43-19-6-4-5-17(14-19)36-29(34)35)37-28(24(25)31)44-21-13-16(26(32)33)7-8-20(21)40/h4-8,13-14,18,40H,3,9-12,15H2,1-2H3,(H3,32,33)(H4,34,35,36). The van der Waals surface area contributed by atoms with Crippen molar-refractivity contribution in [2.45, 2.75) is 25.8 Å². The molecule has 234 valence electrons. The summed E-state index contributed by atoms with van der Waals surface area (Å²) in [6.45, 7) is 3.13. The molecule has 0 aliphatic carbocycles. The zero-order valence-corrected chi connectivity index (χ0v) is 24.2. The number of rotatable bonds is 11. The minimum Gasteiger partial charge on any atom is -0.504 e. The van der Waals surface area contributed by atoms with Crippen LogP contribution in [0.4, 0.5) is 20.2 Å². The number of nitrogens with two attached hydrogens (primary N) is 2. The third-order valence-corrected chi connectivity index (χ3v) is 6.92. The predicted molar refractivity (Wildman–Crippen MR) is 160 cm³/mol. The fraction of sp³-hybridized carbons (Fsp3) is 0.310. The van der Waals surface area contributed by atoms with Crippen LogP contribution in [0.2, 0.25) is 0 Å². The first-order valence-electron chi connectivity index (χ1n) is 13.7. The van der Waals surface area contributed by atoms with Gasteiger partial charge in [-0.25, -0.2) is 0 Å². The topological polar surface area (TPSA) is 196 Å². The molecular weight excluding hydrogens is 578 g/mol. The molecule has 0 radical (unpaired) electrons. The van der Waals surface area contributed by atoms with Crippen molar-refractivity contribution < 1.29 is 32.9 Å². The van der Waals surface area contributed by atoms with Crippen LogP contribution in [0.25, 0.3) is 0 Å². The van der Waals surface area contributed by atoms with Crippen LogP contribution in [0.1, 0.15) is 25.3 Å². The molecule has 4 rings (SSSR count). The monoisotopic (exact) mass is 612 g/mol. The lowest BCUT2D eigenvalue weighted by Crippen LogP contribution is -2.45. The van der Waals surface area contributed by atoms with Crippen molar-refractivity contribution in [3.8, 4) is 29.0 Å². The van der Waals surface area contributed by atoms with E-state index in [0.29, 0.717) is 31.6 Å². The summed E-state index contributed by atoms with van der Waals surface area (Å²) >= 11 is 0. The molecule has 1 aliphatic heterocycles. The highest BCUT2D eigenvalue weighted by atomic mass is 19.1. The lowest BCUT2D eigenvalue weighted by Gasteiger charge is -2.37. The summed E-state index contributed by atoms with van der Waals surface area (Å²) in [6, 6.07) is 9.62. The van der Waals surface area contributed by atoms with Gasteiger partial charge in [-0.15, -0.1) is 0 Å². The molecule has 0 atom stereocenters. The first-order chi connectivity index (χ1) is 21.0. The summed E-state index contributed by atoms with van der Waals surface area (Å²) < 4.78 is 48.5. The van der Waals surface area contributed by atoms with E-state index in [4.69, 9.17) is 36.5 Å². The van der Waals surface area contributed by atoms with Crippen molar-refractivity contribution in [3.63, 3.8) is 0 Å². The van der Waals surface area contributed by atoms with E-state index in [0.717, 1.165) is 0 Å². The Morgan fingerprint density at radius 2 is 1.80 bits per heavy atom. The van der Waals surface area contributed by atoms with Gasteiger partial charge in [0.2, 0.25) is 11.6 Å². The highest BCUT2D eigenvalue weighted by Gasteiger charge is 2.32. The molecule has 0 bridgehead atoms.